The second-order valence-corrected chi connectivity index (χ2v) is 8.48. The fourth-order valence-electron chi connectivity index (χ4n) is 2.76. The van der Waals surface area contributed by atoms with Crippen molar-refractivity contribution in [2.24, 2.45) is 0 Å². The Bertz CT molecular complexity index is 1160. The predicted octanol–water partition coefficient (Wildman–Crippen LogP) is 5.95. The molecular weight excluding hydrogens is 443 g/mol. The van der Waals surface area contributed by atoms with Crippen LogP contribution in [0, 0.1) is 0 Å². The van der Waals surface area contributed by atoms with Crippen molar-refractivity contribution < 1.29 is 9.21 Å². The first-order valence-corrected chi connectivity index (χ1v) is 10.6. The number of nitrogens with zero attached hydrogens (tertiary/aromatic N) is 3. The van der Waals surface area contributed by atoms with E-state index in [1.807, 2.05) is 41.0 Å². The fraction of sp³-hybridized carbons (Fsp3) is 0.0952. The lowest BCUT2D eigenvalue weighted by molar-refractivity contribution is -0.115. The molecule has 1 amide bonds. The molecular formula is C21H16Cl2N4O2S. The van der Waals surface area contributed by atoms with Crippen LogP contribution in [-0.2, 0) is 4.79 Å². The number of para-hydroxylation sites is 1. The van der Waals surface area contributed by atoms with Crippen molar-refractivity contribution in [2.45, 2.75) is 17.3 Å². The highest BCUT2D eigenvalue weighted by molar-refractivity contribution is 8.00. The molecule has 0 aliphatic carbocycles. The minimum atomic E-state index is -0.476. The van der Waals surface area contributed by atoms with Gasteiger partial charge in [-0.3, -0.25) is 9.36 Å². The number of thioether (sulfide) groups is 1. The zero-order valence-corrected chi connectivity index (χ0v) is 18.1. The van der Waals surface area contributed by atoms with Gasteiger partial charge in [-0.15, -0.1) is 10.2 Å². The van der Waals surface area contributed by atoms with Gasteiger partial charge < -0.3 is 9.73 Å². The van der Waals surface area contributed by atoms with Gasteiger partial charge in [0.1, 0.15) is 0 Å². The minimum absolute atomic E-state index is 0.230. The minimum Gasteiger partial charge on any atom is -0.461 e. The van der Waals surface area contributed by atoms with E-state index in [0.29, 0.717) is 32.5 Å². The first-order chi connectivity index (χ1) is 14.5. The predicted molar refractivity (Wildman–Crippen MR) is 119 cm³/mol. The molecule has 0 aliphatic rings. The summed E-state index contributed by atoms with van der Waals surface area (Å²) in [5.74, 6) is 0.909. The monoisotopic (exact) mass is 458 g/mol. The highest BCUT2D eigenvalue weighted by Gasteiger charge is 2.23. The Labute approximate surface area is 187 Å². The van der Waals surface area contributed by atoms with E-state index in [9.17, 15) is 4.79 Å². The van der Waals surface area contributed by atoms with Gasteiger partial charge >= 0.3 is 0 Å². The molecule has 9 heteroatoms. The number of carbonyl (C=O) groups excluding carboxylic acids is 1. The standard InChI is InChI=1S/C21H16Cl2N4O2S/c1-13(20(28)24-17-12-14(22)9-10-16(17)23)30-21-26-25-19(18-8-5-11-29-18)27(21)15-6-3-2-4-7-15/h2-13H,1H3,(H,24,28)/t13-/m1/s1. The number of halogens is 2. The van der Waals surface area contributed by atoms with Gasteiger partial charge in [-0.05, 0) is 49.4 Å². The smallest absolute Gasteiger partial charge is 0.237 e. The summed E-state index contributed by atoms with van der Waals surface area (Å²) in [7, 11) is 0. The van der Waals surface area contributed by atoms with Crippen LogP contribution in [0.1, 0.15) is 6.92 Å². The average molecular weight is 459 g/mol. The van der Waals surface area contributed by atoms with E-state index >= 15 is 0 Å². The lowest BCUT2D eigenvalue weighted by Crippen LogP contribution is -2.23. The van der Waals surface area contributed by atoms with Crippen LogP contribution in [0.25, 0.3) is 17.3 Å². The number of carbonyl (C=O) groups is 1. The van der Waals surface area contributed by atoms with E-state index in [-0.39, 0.29) is 5.91 Å². The normalized spacial score (nSPS) is 12.0. The van der Waals surface area contributed by atoms with Crippen LogP contribution in [0.3, 0.4) is 0 Å². The number of nitrogens with one attached hydrogen (secondary N) is 1. The van der Waals surface area contributed by atoms with E-state index in [1.165, 1.54) is 11.8 Å². The molecule has 0 spiro atoms. The van der Waals surface area contributed by atoms with Crippen molar-refractivity contribution in [3.05, 3.63) is 77.0 Å². The van der Waals surface area contributed by atoms with Crippen LogP contribution in [-0.4, -0.2) is 25.9 Å². The van der Waals surface area contributed by atoms with Gasteiger partial charge in [-0.1, -0.05) is 53.2 Å². The van der Waals surface area contributed by atoms with Gasteiger partial charge in [0.25, 0.3) is 0 Å². The molecule has 30 heavy (non-hydrogen) atoms. The van der Waals surface area contributed by atoms with Crippen molar-refractivity contribution >= 4 is 46.6 Å². The van der Waals surface area contributed by atoms with E-state index in [0.717, 1.165) is 5.69 Å². The van der Waals surface area contributed by atoms with Crippen molar-refractivity contribution in [1.82, 2.24) is 14.8 Å². The van der Waals surface area contributed by atoms with Crippen LogP contribution >= 0.6 is 35.0 Å². The Morgan fingerprint density at radius 2 is 1.90 bits per heavy atom. The van der Waals surface area contributed by atoms with E-state index in [1.54, 1.807) is 37.5 Å². The number of benzene rings is 2. The van der Waals surface area contributed by atoms with Crippen LogP contribution in [0.4, 0.5) is 5.69 Å². The second-order valence-electron chi connectivity index (χ2n) is 6.33. The summed E-state index contributed by atoms with van der Waals surface area (Å²) in [4.78, 5) is 12.8. The SMILES string of the molecule is C[C@@H](Sc1nnc(-c2ccco2)n1-c1ccccc1)C(=O)Nc1cc(Cl)ccc1Cl. The molecule has 152 valence electrons. The molecule has 1 atom stereocenters. The van der Waals surface area contributed by atoms with Crippen LogP contribution in [0.2, 0.25) is 10.0 Å². The first-order valence-electron chi connectivity index (χ1n) is 9.00. The molecule has 0 bridgehead atoms. The zero-order chi connectivity index (χ0) is 21.1. The number of rotatable bonds is 6. The Morgan fingerprint density at radius 1 is 1.10 bits per heavy atom. The first kappa shape index (κ1) is 20.5. The lowest BCUT2D eigenvalue weighted by Gasteiger charge is -2.14. The molecule has 2 aromatic carbocycles. The highest BCUT2D eigenvalue weighted by atomic mass is 35.5. The van der Waals surface area contributed by atoms with E-state index < -0.39 is 5.25 Å². The summed E-state index contributed by atoms with van der Waals surface area (Å²) >= 11 is 13.4. The topological polar surface area (TPSA) is 73.0 Å². The molecule has 6 nitrogen and oxygen atoms in total. The number of amides is 1. The molecule has 0 fully saturated rings. The molecule has 2 heterocycles. The fourth-order valence-corrected chi connectivity index (χ4v) is 3.97. The summed E-state index contributed by atoms with van der Waals surface area (Å²) in [6.07, 6.45) is 1.58. The third kappa shape index (κ3) is 4.38. The third-order valence-electron chi connectivity index (χ3n) is 4.23. The Morgan fingerprint density at radius 3 is 2.63 bits per heavy atom. The zero-order valence-electron chi connectivity index (χ0n) is 15.8. The Kier molecular flexibility index (Phi) is 6.13. The van der Waals surface area contributed by atoms with Gasteiger partial charge in [0.2, 0.25) is 11.7 Å². The summed E-state index contributed by atoms with van der Waals surface area (Å²) in [6, 6.07) is 18.2. The summed E-state index contributed by atoms with van der Waals surface area (Å²) < 4.78 is 7.37. The molecule has 0 saturated heterocycles. The Hall–Kier alpha value is -2.74. The van der Waals surface area contributed by atoms with Crippen molar-refractivity contribution in [1.29, 1.82) is 0 Å². The number of furan rings is 1. The van der Waals surface area contributed by atoms with E-state index in [2.05, 4.69) is 15.5 Å². The van der Waals surface area contributed by atoms with Gasteiger partial charge in [0, 0.05) is 10.7 Å². The quantitative estimate of drug-likeness (QED) is 0.361. The number of hydrogen-bond donors (Lipinski definition) is 1. The maximum atomic E-state index is 12.8. The highest BCUT2D eigenvalue weighted by Crippen LogP contribution is 2.31. The third-order valence-corrected chi connectivity index (χ3v) is 5.83. The maximum absolute atomic E-state index is 12.8. The van der Waals surface area contributed by atoms with Crippen LogP contribution < -0.4 is 5.32 Å². The molecule has 0 saturated carbocycles. The number of anilines is 1. The average Bonchev–Trinajstić information content (AvgIpc) is 3.41. The number of hydrogen-bond acceptors (Lipinski definition) is 5. The molecule has 0 radical (unpaired) electrons. The van der Waals surface area contributed by atoms with Crippen LogP contribution in [0.5, 0.6) is 0 Å². The number of aromatic nitrogens is 3. The summed E-state index contributed by atoms with van der Waals surface area (Å²) in [5, 5.41) is 12.4. The van der Waals surface area contributed by atoms with E-state index in [4.69, 9.17) is 27.6 Å². The molecule has 1 N–H and O–H groups in total. The molecule has 0 unspecified atom stereocenters. The molecule has 4 aromatic rings. The van der Waals surface area contributed by atoms with Gasteiger partial charge in [-0.2, -0.15) is 0 Å². The lowest BCUT2D eigenvalue weighted by atomic mass is 10.3. The van der Waals surface area contributed by atoms with Gasteiger partial charge in [0.05, 0.1) is 22.2 Å². The van der Waals surface area contributed by atoms with Gasteiger partial charge in [-0.25, -0.2) is 0 Å². The maximum Gasteiger partial charge on any atom is 0.237 e. The summed E-state index contributed by atoms with van der Waals surface area (Å²) in [5.41, 5.74) is 1.32. The Balaban J connectivity index is 1.61. The molecule has 4 rings (SSSR count). The summed E-state index contributed by atoms with van der Waals surface area (Å²) in [6.45, 7) is 1.79. The van der Waals surface area contributed by atoms with Crippen molar-refractivity contribution in [3.63, 3.8) is 0 Å². The molecule has 0 aliphatic heterocycles. The largest absolute Gasteiger partial charge is 0.461 e. The van der Waals surface area contributed by atoms with Gasteiger partial charge in [0.15, 0.2) is 10.9 Å². The molecule has 2 aromatic heterocycles. The van der Waals surface area contributed by atoms with Crippen LogP contribution in [0.15, 0.2) is 76.5 Å². The van der Waals surface area contributed by atoms with Crippen molar-refractivity contribution in [2.75, 3.05) is 5.32 Å². The van der Waals surface area contributed by atoms with Crippen molar-refractivity contribution in [3.8, 4) is 17.3 Å². The second kappa shape index (κ2) is 8.95.